The van der Waals surface area contributed by atoms with E-state index in [2.05, 4.69) is 26.1 Å². The van der Waals surface area contributed by atoms with Crippen LogP contribution in [0, 0.1) is 22.7 Å². The number of nitrogens with one attached hydrogen (secondary N) is 1. The number of rotatable bonds is 5. The monoisotopic (exact) mass is 268 g/mol. The van der Waals surface area contributed by atoms with Crippen LogP contribution in [0.25, 0.3) is 0 Å². The van der Waals surface area contributed by atoms with E-state index in [0.29, 0.717) is 12.0 Å². The molecule has 0 aromatic rings. The van der Waals surface area contributed by atoms with E-state index in [1.165, 1.54) is 25.7 Å². The van der Waals surface area contributed by atoms with Gasteiger partial charge in [0.25, 0.3) is 0 Å². The van der Waals surface area contributed by atoms with E-state index in [1.807, 2.05) is 13.8 Å². The lowest BCUT2D eigenvalue weighted by Gasteiger charge is -2.37. The lowest BCUT2D eigenvalue weighted by molar-refractivity contribution is -0.125. The zero-order chi connectivity index (χ0) is 14.7. The second-order valence-electron chi connectivity index (χ2n) is 7.96. The van der Waals surface area contributed by atoms with Gasteiger partial charge in [-0.1, -0.05) is 20.8 Å². The highest BCUT2D eigenvalue weighted by molar-refractivity contribution is 5.80. The largest absolute Gasteiger partial charge is 0.369 e. The van der Waals surface area contributed by atoms with Crippen molar-refractivity contribution in [2.45, 2.75) is 60.3 Å². The third kappa shape index (κ3) is 5.13. The van der Waals surface area contributed by atoms with Gasteiger partial charge in [-0.05, 0) is 63.3 Å². The molecule has 1 aliphatic carbocycles. The van der Waals surface area contributed by atoms with Crippen LogP contribution in [0.15, 0.2) is 0 Å². The standard InChI is InChI=1S/C16H32N2O/c1-15(2,3)13-8-6-12(7-9-13)10-18-11-16(4,5)14(17)19/h12-13,18H,6-11H2,1-5H3,(H2,17,19). The number of carbonyl (C=O) groups is 1. The van der Waals surface area contributed by atoms with Gasteiger partial charge in [-0.15, -0.1) is 0 Å². The van der Waals surface area contributed by atoms with Crippen LogP contribution in [-0.2, 0) is 4.79 Å². The molecule has 0 aromatic carbocycles. The molecule has 1 aliphatic rings. The molecule has 0 spiro atoms. The molecule has 19 heavy (non-hydrogen) atoms. The third-order valence-corrected chi connectivity index (χ3v) is 4.74. The Bertz CT molecular complexity index is 296. The van der Waals surface area contributed by atoms with Crippen LogP contribution in [0.5, 0.6) is 0 Å². The first kappa shape index (κ1) is 16.5. The Labute approximate surface area is 118 Å². The first-order valence-corrected chi connectivity index (χ1v) is 7.63. The van der Waals surface area contributed by atoms with Crippen molar-refractivity contribution in [1.29, 1.82) is 0 Å². The van der Waals surface area contributed by atoms with Crippen LogP contribution >= 0.6 is 0 Å². The van der Waals surface area contributed by atoms with Crippen LogP contribution < -0.4 is 11.1 Å². The molecule has 3 heteroatoms. The molecule has 1 amide bonds. The first-order chi connectivity index (χ1) is 8.63. The van der Waals surface area contributed by atoms with Crippen molar-refractivity contribution in [3.05, 3.63) is 0 Å². The summed E-state index contributed by atoms with van der Waals surface area (Å²) in [6.45, 7) is 12.6. The van der Waals surface area contributed by atoms with E-state index < -0.39 is 5.41 Å². The van der Waals surface area contributed by atoms with Crippen molar-refractivity contribution in [2.75, 3.05) is 13.1 Å². The molecule has 3 nitrogen and oxygen atoms in total. The minimum absolute atomic E-state index is 0.226. The van der Waals surface area contributed by atoms with Gasteiger partial charge in [-0.2, -0.15) is 0 Å². The fraction of sp³-hybridized carbons (Fsp3) is 0.938. The number of amides is 1. The van der Waals surface area contributed by atoms with E-state index >= 15 is 0 Å². The smallest absolute Gasteiger partial charge is 0.224 e. The molecule has 0 aromatic heterocycles. The zero-order valence-corrected chi connectivity index (χ0v) is 13.4. The fourth-order valence-corrected chi connectivity index (χ4v) is 2.91. The van der Waals surface area contributed by atoms with Crippen molar-refractivity contribution < 1.29 is 4.79 Å². The van der Waals surface area contributed by atoms with Crippen LogP contribution in [0.1, 0.15) is 60.3 Å². The summed E-state index contributed by atoms with van der Waals surface area (Å²) in [5.74, 6) is 1.41. The SMILES string of the molecule is CC(C)(CNCC1CCC(C(C)(C)C)CC1)C(N)=O. The summed E-state index contributed by atoms with van der Waals surface area (Å²) in [4.78, 5) is 11.2. The van der Waals surface area contributed by atoms with Gasteiger partial charge in [0, 0.05) is 6.54 Å². The van der Waals surface area contributed by atoms with E-state index in [9.17, 15) is 4.79 Å². The first-order valence-electron chi connectivity index (χ1n) is 7.63. The maximum absolute atomic E-state index is 11.2. The summed E-state index contributed by atoms with van der Waals surface area (Å²) in [7, 11) is 0. The van der Waals surface area contributed by atoms with Gasteiger partial charge >= 0.3 is 0 Å². The summed E-state index contributed by atoms with van der Waals surface area (Å²) in [6, 6.07) is 0. The summed E-state index contributed by atoms with van der Waals surface area (Å²) in [5, 5.41) is 3.43. The predicted molar refractivity (Wildman–Crippen MR) is 80.7 cm³/mol. The molecule has 0 saturated heterocycles. The number of carbonyl (C=O) groups excluding carboxylic acids is 1. The molecule has 0 bridgehead atoms. The Morgan fingerprint density at radius 2 is 1.63 bits per heavy atom. The average molecular weight is 268 g/mol. The molecule has 1 saturated carbocycles. The minimum atomic E-state index is -0.442. The predicted octanol–water partition coefficient (Wildman–Crippen LogP) is 2.94. The Morgan fingerprint density at radius 1 is 1.11 bits per heavy atom. The average Bonchev–Trinajstić information content (AvgIpc) is 2.28. The van der Waals surface area contributed by atoms with E-state index in [0.717, 1.165) is 18.4 Å². The molecule has 1 rings (SSSR count). The highest BCUT2D eigenvalue weighted by Crippen LogP contribution is 2.39. The zero-order valence-electron chi connectivity index (χ0n) is 13.4. The van der Waals surface area contributed by atoms with Gasteiger partial charge in [0.2, 0.25) is 5.91 Å². The highest BCUT2D eigenvalue weighted by atomic mass is 16.1. The lowest BCUT2D eigenvalue weighted by Crippen LogP contribution is -2.42. The second kappa shape index (κ2) is 6.25. The van der Waals surface area contributed by atoms with Crippen LogP contribution in [0.2, 0.25) is 0 Å². The molecule has 0 aliphatic heterocycles. The molecular weight excluding hydrogens is 236 g/mol. The lowest BCUT2D eigenvalue weighted by atomic mass is 9.70. The molecule has 0 atom stereocenters. The Kier molecular flexibility index (Phi) is 5.43. The fourth-order valence-electron chi connectivity index (χ4n) is 2.91. The van der Waals surface area contributed by atoms with Crippen LogP contribution in [0.3, 0.4) is 0 Å². The van der Waals surface area contributed by atoms with Crippen molar-refractivity contribution in [3.8, 4) is 0 Å². The summed E-state index contributed by atoms with van der Waals surface area (Å²) in [5.41, 5.74) is 5.39. The highest BCUT2D eigenvalue weighted by Gasteiger charge is 2.30. The summed E-state index contributed by atoms with van der Waals surface area (Å²) < 4.78 is 0. The molecular formula is C16H32N2O. The Morgan fingerprint density at radius 3 is 2.05 bits per heavy atom. The van der Waals surface area contributed by atoms with Crippen molar-refractivity contribution in [1.82, 2.24) is 5.32 Å². The number of primary amides is 1. The Hall–Kier alpha value is -0.570. The summed E-state index contributed by atoms with van der Waals surface area (Å²) >= 11 is 0. The maximum Gasteiger partial charge on any atom is 0.224 e. The summed E-state index contributed by atoms with van der Waals surface area (Å²) in [6.07, 6.45) is 5.31. The van der Waals surface area contributed by atoms with E-state index in [-0.39, 0.29) is 5.91 Å². The van der Waals surface area contributed by atoms with Gasteiger partial charge in [0.15, 0.2) is 0 Å². The van der Waals surface area contributed by atoms with Crippen molar-refractivity contribution >= 4 is 5.91 Å². The Balaban J connectivity index is 2.26. The number of hydrogen-bond acceptors (Lipinski definition) is 2. The van der Waals surface area contributed by atoms with Gasteiger partial charge < -0.3 is 11.1 Å². The van der Waals surface area contributed by atoms with E-state index in [1.54, 1.807) is 0 Å². The molecule has 112 valence electrons. The van der Waals surface area contributed by atoms with Crippen LogP contribution in [0.4, 0.5) is 0 Å². The van der Waals surface area contributed by atoms with Gasteiger partial charge in [0.1, 0.15) is 0 Å². The minimum Gasteiger partial charge on any atom is -0.369 e. The maximum atomic E-state index is 11.2. The van der Waals surface area contributed by atoms with Crippen LogP contribution in [-0.4, -0.2) is 19.0 Å². The number of nitrogens with two attached hydrogens (primary N) is 1. The molecule has 1 fully saturated rings. The third-order valence-electron chi connectivity index (χ3n) is 4.74. The van der Waals surface area contributed by atoms with Crippen molar-refractivity contribution in [2.24, 2.45) is 28.4 Å². The van der Waals surface area contributed by atoms with Crippen molar-refractivity contribution in [3.63, 3.8) is 0 Å². The number of hydrogen-bond donors (Lipinski definition) is 2. The normalized spacial score (nSPS) is 25.3. The van der Waals surface area contributed by atoms with Gasteiger partial charge in [0.05, 0.1) is 5.41 Å². The molecule has 0 heterocycles. The molecule has 0 unspecified atom stereocenters. The quantitative estimate of drug-likeness (QED) is 0.805. The van der Waals surface area contributed by atoms with Gasteiger partial charge in [-0.25, -0.2) is 0 Å². The van der Waals surface area contributed by atoms with E-state index in [4.69, 9.17) is 5.73 Å². The topological polar surface area (TPSA) is 55.1 Å². The molecule has 0 radical (unpaired) electrons. The second-order valence-corrected chi connectivity index (χ2v) is 7.96. The molecule has 3 N–H and O–H groups in total. The van der Waals surface area contributed by atoms with Gasteiger partial charge in [-0.3, -0.25) is 4.79 Å².